The molecule has 0 radical (unpaired) electrons. The summed E-state index contributed by atoms with van der Waals surface area (Å²) in [5, 5.41) is 1.59. The topological polar surface area (TPSA) is 0 Å². The van der Waals surface area contributed by atoms with Crippen molar-refractivity contribution >= 4 is 26.4 Å². The van der Waals surface area contributed by atoms with E-state index >= 15 is 0 Å². The fourth-order valence-electron chi connectivity index (χ4n) is 8.49. The van der Waals surface area contributed by atoms with Gasteiger partial charge < -0.3 is 24.8 Å². The summed E-state index contributed by atoms with van der Waals surface area (Å²) in [6, 6.07) is 45.4. The zero-order chi connectivity index (χ0) is 42.6. The van der Waals surface area contributed by atoms with E-state index in [0.29, 0.717) is 11.8 Å². The van der Waals surface area contributed by atoms with Crippen molar-refractivity contribution in [2.45, 2.75) is 105 Å². The predicted molar refractivity (Wildman–Crippen MR) is 257 cm³/mol. The molecule has 0 heterocycles. The third-order valence-electron chi connectivity index (χ3n) is 11.7. The van der Waals surface area contributed by atoms with Crippen LogP contribution < -0.4 is 24.8 Å². The Morgan fingerprint density at radius 1 is 0.629 bits per heavy atom. The normalized spacial score (nSPS) is 12.7. The zero-order valence-electron chi connectivity index (χ0n) is 37.0. The van der Waals surface area contributed by atoms with Gasteiger partial charge in [-0.3, -0.25) is 6.08 Å². The molecule has 2 atom stereocenters. The Morgan fingerprint density at radius 3 is 1.63 bits per heavy atom. The Labute approximate surface area is 410 Å². The minimum absolute atomic E-state index is 0. The summed E-state index contributed by atoms with van der Waals surface area (Å²) >= 11 is 13.2. The maximum atomic E-state index is 5.88. The molecule has 62 heavy (non-hydrogen) atoms. The molecule has 0 aliphatic heterocycles. The quantitative estimate of drug-likeness (QED) is 0.107. The van der Waals surface area contributed by atoms with Gasteiger partial charge in [0.15, 0.2) is 0 Å². The van der Waals surface area contributed by atoms with Crippen LogP contribution in [0.1, 0.15) is 116 Å². The van der Waals surface area contributed by atoms with Crippen molar-refractivity contribution in [2.24, 2.45) is 0 Å². The number of benzene rings is 6. The second-order valence-corrected chi connectivity index (χ2v) is 19.1. The summed E-state index contributed by atoms with van der Waals surface area (Å²) in [5.41, 5.74) is 19.4. The summed E-state index contributed by atoms with van der Waals surface area (Å²) < 4.78 is 1.52. The number of hydrogen-bond donors (Lipinski definition) is 0. The first-order chi connectivity index (χ1) is 29.1. The van der Waals surface area contributed by atoms with E-state index in [2.05, 4.69) is 151 Å². The van der Waals surface area contributed by atoms with Gasteiger partial charge in [-0.1, -0.05) is 136 Å². The molecule has 0 amide bonds. The van der Waals surface area contributed by atoms with Crippen molar-refractivity contribution in [3.05, 3.63) is 200 Å². The molecular weight excluding hydrogens is 918 g/mol. The van der Waals surface area contributed by atoms with Gasteiger partial charge in [-0.2, -0.15) is 6.08 Å². The second-order valence-electron chi connectivity index (χ2n) is 16.5. The average Bonchev–Trinajstić information content (AvgIpc) is 3.95. The van der Waals surface area contributed by atoms with Crippen molar-refractivity contribution in [1.82, 2.24) is 0 Å². The van der Waals surface area contributed by atoms with Crippen LogP contribution in [0.2, 0.25) is 10.0 Å². The van der Waals surface area contributed by atoms with Crippen molar-refractivity contribution < 1.29 is 49.0 Å². The number of fused-ring (bicyclic) bond motifs is 3. The standard InChI is InChI=1S/C37H41.C15H12Cl2.C5H5.2ClH.Zr/c1-7-13-24(3)32-22-34-28(20-36(32)30-17-11-9-15-26(30)5)19-29-21-37(31-18-12-10-16-27(31)6)33(23-35(29)34)25(4)14-8-2;16-14-8-4-12(5-9-14)2-1-3-13-6-10-15(17)11-7-13;1-2-4-5-3-1;;;/h9-12,15-18,20,22-25H,7-8,13-14,19H2,1-6H3;4-11H,2-3H2;1-3H,4H2;2*1H;/q-1;;-1;;;+2/p-2. The molecule has 0 spiro atoms. The van der Waals surface area contributed by atoms with Gasteiger partial charge in [-0.15, -0.1) is 35.2 Å². The van der Waals surface area contributed by atoms with Crippen molar-refractivity contribution in [1.29, 1.82) is 0 Å². The zero-order valence-corrected chi connectivity index (χ0v) is 42.5. The smallest absolute Gasteiger partial charge is 0.109 e. The number of rotatable bonds is 12. The third-order valence-corrected chi connectivity index (χ3v) is 13.1. The van der Waals surface area contributed by atoms with E-state index in [-0.39, 0.29) is 24.8 Å². The molecule has 2 aliphatic rings. The van der Waals surface area contributed by atoms with Crippen LogP contribution in [0.25, 0.3) is 33.4 Å². The van der Waals surface area contributed by atoms with Crippen molar-refractivity contribution in [2.75, 3.05) is 0 Å². The Hall–Kier alpha value is -3.29. The van der Waals surface area contributed by atoms with Crippen LogP contribution >= 0.6 is 23.2 Å². The summed E-state index contributed by atoms with van der Waals surface area (Å²) in [4.78, 5) is 0. The van der Waals surface area contributed by atoms with E-state index in [4.69, 9.17) is 23.2 Å². The average molecular weight is 976 g/mol. The first-order valence-corrected chi connectivity index (χ1v) is 23.7. The van der Waals surface area contributed by atoms with Gasteiger partial charge in [0.05, 0.1) is 0 Å². The molecule has 0 fully saturated rings. The largest absolute Gasteiger partial charge is 1.00 e. The molecule has 0 N–H and O–H groups in total. The fraction of sp³-hybridized carbons (Fsp3) is 0.281. The predicted octanol–water partition coefficient (Wildman–Crippen LogP) is 10.6. The number of hydrogen-bond acceptors (Lipinski definition) is 0. The first-order valence-electron chi connectivity index (χ1n) is 21.7. The summed E-state index contributed by atoms with van der Waals surface area (Å²) in [7, 11) is 0. The van der Waals surface area contributed by atoms with Crippen LogP contribution in [-0.4, -0.2) is 3.21 Å². The van der Waals surface area contributed by atoms with Crippen LogP contribution in [0.3, 0.4) is 0 Å². The molecule has 2 unspecified atom stereocenters. The van der Waals surface area contributed by atoms with E-state index in [1.807, 2.05) is 36.4 Å². The molecule has 5 heteroatoms. The second kappa shape index (κ2) is 25.3. The van der Waals surface area contributed by atoms with Crippen LogP contribution in [0.15, 0.2) is 133 Å². The fourth-order valence-corrected chi connectivity index (χ4v) is 9.75. The minimum atomic E-state index is 0. The molecule has 0 aromatic heterocycles. The Kier molecular flexibility index (Phi) is 20.9. The Bertz CT molecular complexity index is 2270. The maximum absolute atomic E-state index is 5.88. The molecule has 0 saturated carbocycles. The Balaban J connectivity index is 0.000000281. The number of halogens is 4. The molecule has 6 aromatic carbocycles. The van der Waals surface area contributed by atoms with E-state index in [1.165, 1.54) is 131 Å². The Morgan fingerprint density at radius 2 is 1.15 bits per heavy atom. The van der Waals surface area contributed by atoms with E-state index in [0.717, 1.165) is 35.7 Å². The van der Waals surface area contributed by atoms with Gasteiger partial charge in [0.1, 0.15) is 0 Å². The molecule has 0 bridgehead atoms. The molecule has 0 saturated heterocycles. The summed E-state index contributed by atoms with van der Waals surface area (Å²) in [6.45, 7) is 13.9. The van der Waals surface area contributed by atoms with Gasteiger partial charge in [-0.05, 0) is 60.4 Å². The molecule has 320 valence electrons. The van der Waals surface area contributed by atoms with E-state index in [1.54, 1.807) is 0 Å². The van der Waals surface area contributed by atoms with Crippen LogP contribution in [0.5, 0.6) is 0 Å². The molecule has 8 rings (SSSR count). The van der Waals surface area contributed by atoms with Crippen LogP contribution in [0.4, 0.5) is 0 Å². The maximum Gasteiger partial charge on any atom is -0.109 e. The van der Waals surface area contributed by atoms with Gasteiger partial charge in [-0.25, -0.2) is 12.2 Å². The monoisotopic (exact) mass is 972 g/mol. The SMILES string of the molecule is CCCC(C)c1cc2c([c-]c1-c1ccccc1C)Cc1cc(-c3ccccc3C)c(C(C)CCC)cc1-2.Clc1ccc(C[C](=[Zr+2])Cc2ccc(Cl)cc2)cc1.[C-]1=CC=CC1.[Cl-].[Cl-]. The van der Waals surface area contributed by atoms with E-state index < -0.39 is 0 Å². The third kappa shape index (κ3) is 13.6. The van der Waals surface area contributed by atoms with Gasteiger partial charge in [0.25, 0.3) is 0 Å². The van der Waals surface area contributed by atoms with Crippen LogP contribution in [-0.2, 0) is 43.5 Å². The molecule has 6 aromatic rings. The molecule has 0 nitrogen and oxygen atoms in total. The van der Waals surface area contributed by atoms with E-state index in [9.17, 15) is 0 Å². The summed E-state index contributed by atoms with van der Waals surface area (Å²) in [5.74, 6) is 1.04. The number of aryl methyl sites for hydroxylation is 2. The van der Waals surface area contributed by atoms with Crippen LogP contribution in [0, 0.1) is 26.0 Å². The first kappa shape index (κ1) is 51.3. The van der Waals surface area contributed by atoms with Gasteiger partial charge in [0, 0.05) is 0 Å². The van der Waals surface area contributed by atoms with Crippen molar-refractivity contribution in [3.63, 3.8) is 0 Å². The minimum Gasteiger partial charge on any atom is -1.00 e. The molecule has 2 aliphatic carbocycles. The van der Waals surface area contributed by atoms with Gasteiger partial charge in [0.2, 0.25) is 0 Å². The van der Waals surface area contributed by atoms with Gasteiger partial charge >= 0.3 is 133 Å². The van der Waals surface area contributed by atoms with Crippen molar-refractivity contribution in [3.8, 4) is 33.4 Å². The number of allylic oxidation sites excluding steroid dienone is 4. The molecular formula is C57H58Cl4Zr-2. The summed E-state index contributed by atoms with van der Waals surface area (Å²) in [6.07, 6.45) is 17.8.